The van der Waals surface area contributed by atoms with Gasteiger partial charge in [-0.05, 0) is 50.9 Å². The molecule has 2 aliphatic heterocycles. The molecular formula is C25H44N6. The number of nitrogens with zero attached hydrogens (tertiary/aromatic N) is 4. The van der Waals surface area contributed by atoms with E-state index in [1.807, 2.05) is 0 Å². The van der Waals surface area contributed by atoms with Gasteiger partial charge in [-0.2, -0.15) is 0 Å². The number of likely N-dealkylation sites (tertiary alicyclic amines) is 1. The van der Waals surface area contributed by atoms with E-state index in [2.05, 4.69) is 76.4 Å². The summed E-state index contributed by atoms with van der Waals surface area (Å²) in [6.45, 7) is 18.9. The fourth-order valence-corrected chi connectivity index (χ4v) is 4.76. The zero-order valence-corrected chi connectivity index (χ0v) is 20.0. The van der Waals surface area contributed by atoms with Crippen molar-refractivity contribution in [2.75, 3.05) is 72.0 Å². The normalized spacial score (nSPS) is 21.2. The van der Waals surface area contributed by atoms with Gasteiger partial charge in [0.25, 0.3) is 0 Å². The van der Waals surface area contributed by atoms with Crippen molar-refractivity contribution in [3.8, 4) is 0 Å². The quantitative estimate of drug-likeness (QED) is 0.443. The van der Waals surface area contributed by atoms with E-state index in [1.165, 1.54) is 64.2 Å². The third-order valence-corrected chi connectivity index (χ3v) is 6.62. The number of benzene rings is 1. The molecule has 3 rings (SSSR count). The molecule has 2 heterocycles. The Morgan fingerprint density at radius 3 is 2.26 bits per heavy atom. The van der Waals surface area contributed by atoms with Crippen molar-refractivity contribution in [3.05, 3.63) is 35.9 Å². The van der Waals surface area contributed by atoms with Gasteiger partial charge < -0.3 is 20.4 Å². The number of rotatable bonds is 10. The van der Waals surface area contributed by atoms with Gasteiger partial charge >= 0.3 is 0 Å². The first kappa shape index (κ1) is 24.0. The van der Waals surface area contributed by atoms with E-state index < -0.39 is 0 Å². The van der Waals surface area contributed by atoms with Gasteiger partial charge in [0.2, 0.25) is 0 Å². The van der Waals surface area contributed by atoms with Crippen LogP contribution in [0.4, 0.5) is 0 Å². The monoisotopic (exact) mass is 428 g/mol. The van der Waals surface area contributed by atoms with Crippen molar-refractivity contribution in [3.63, 3.8) is 0 Å². The average molecular weight is 429 g/mol. The van der Waals surface area contributed by atoms with Crippen LogP contribution in [0.15, 0.2) is 35.3 Å². The van der Waals surface area contributed by atoms with Gasteiger partial charge in [-0.3, -0.25) is 9.89 Å². The molecule has 6 heteroatoms. The van der Waals surface area contributed by atoms with Gasteiger partial charge in [0.1, 0.15) is 0 Å². The van der Waals surface area contributed by atoms with Crippen LogP contribution < -0.4 is 10.6 Å². The Hall–Kier alpha value is -1.63. The second-order valence-corrected chi connectivity index (χ2v) is 9.11. The highest BCUT2D eigenvalue weighted by atomic mass is 15.3. The van der Waals surface area contributed by atoms with Gasteiger partial charge in [-0.25, -0.2) is 0 Å². The number of piperazine rings is 1. The van der Waals surface area contributed by atoms with Crippen LogP contribution in [0, 0.1) is 5.92 Å². The van der Waals surface area contributed by atoms with Gasteiger partial charge in [-0.1, -0.05) is 44.2 Å². The molecule has 2 aliphatic rings. The van der Waals surface area contributed by atoms with Crippen molar-refractivity contribution in [2.45, 2.75) is 39.7 Å². The SMILES string of the molecule is CCNC(=NCC(C)CN1CCN(CC)CC1)NCC(c1ccccc1)N1CCCC1. The maximum Gasteiger partial charge on any atom is 0.191 e. The molecule has 1 aromatic carbocycles. The van der Waals surface area contributed by atoms with Gasteiger partial charge in [0.15, 0.2) is 5.96 Å². The molecule has 0 aromatic heterocycles. The predicted molar refractivity (Wildman–Crippen MR) is 132 cm³/mol. The molecule has 2 unspecified atom stereocenters. The second kappa shape index (κ2) is 13.0. The molecule has 2 fully saturated rings. The molecule has 2 atom stereocenters. The van der Waals surface area contributed by atoms with Crippen LogP contribution in [0.5, 0.6) is 0 Å². The molecule has 2 saturated heterocycles. The Morgan fingerprint density at radius 2 is 1.61 bits per heavy atom. The summed E-state index contributed by atoms with van der Waals surface area (Å²) < 4.78 is 0. The molecule has 1 aromatic rings. The highest BCUT2D eigenvalue weighted by Crippen LogP contribution is 2.24. The molecule has 0 aliphatic carbocycles. The minimum Gasteiger partial charge on any atom is -0.357 e. The van der Waals surface area contributed by atoms with E-state index in [1.54, 1.807) is 0 Å². The van der Waals surface area contributed by atoms with Crippen molar-refractivity contribution >= 4 is 5.96 Å². The molecule has 174 valence electrons. The second-order valence-electron chi connectivity index (χ2n) is 9.11. The zero-order valence-electron chi connectivity index (χ0n) is 20.0. The molecule has 0 bridgehead atoms. The van der Waals surface area contributed by atoms with Crippen molar-refractivity contribution in [1.29, 1.82) is 0 Å². The summed E-state index contributed by atoms with van der Waals surface area (Å²) in [5, 5.41) is 7.10. The van der Waals surface area contributed by atoms with Crippen molar-refractivity contribution in [2.24, 2.45) is 10.9 Å². The number of guanidine groups is 1. The molecule has 2 N–H and O–H groups in total. The number of hydrogen-bond donors (Lipinski definition) is 2. The molecule has 0 saturated carbocycles. The molecule has 0 amide bonds. The highest BCUT2D eigenvalue weighted by molar-refractivity contribution is 5.79. The van der Waals surface area contributed by atoms with Crippen molar-refractivity contribution in [1.82, 2.24) is 25.3 Å². The number of hydrogen-bond acceptors (Lipinski definition) is 4. The third kappa shape index (κ3) is 7.78. The summed E-state index contributed by atoms with van der Waals surface area (Å²) in [7, 11) is 0. The summed E-state index contributed by atoms with van der Waals surface area (Å²) in [6, 6.07) is 11.3. The van der Waals surface area contributed by atoms with Gasteiger partial charge in [0.05, 0.1) is 6.04 Å². The van der Waals surface area contributed by atoms with Gasteiger partial charge in [0, 0.05) is 52.4 Å². The fourth-order valence-electron chi connectivity index (χ4n) is 4.76. The van der Waals surface area contributed by atoms with E-state index in [4.69, 9.17) is 4.99 Å². The van der Waals surface area contributed by atoms with E-state index in [0.29, 0.717) is 12.0 Å². The van der Waals surface area contributed by atoms with Crippen LogP contribution in [-0.4, -0.2) is 92.7 Å². The van der Waals surface area contributed by atoms with Crippen LogP contribution in [-0.2, 0) is 0 Å². The number of likely N-dealkylation sites (N-methyl/N-ethyl adjacent to an activating group) is 1. The Morgan fingerprint density at radius 1 is 0.935 bits per heavy atom. The summed E-state index contributed by atoms with van der Waals surface area (Å²) in [5.74, 6) is 1.51. The average Bonchev–Trinajstić information content (AvgIpc) is 3.33. The number of aliphatic imine (C=N–C) groups is 1. The van der Waals surface area contributed by atoms with Crippen LogP contribution in [0.3, 0.4) is 0 Å². The zero-order chi connectivity index (χ0) is 21.9. The maximum atomic E-state index is 4.94. The predicted octanol–water partition coefficient (Wildman–Crippen LogP) is 2.65. The lowest BCUT2D eigenvalue weighted by Gasteiger charge is -2.35. The first-order chi connectivity index (χ1) is 15.2. The topological polar surface area (TPSA) is 46.1 Å². The van der Waals surface area contributed by atoms with E-state index >= 15 is 0 Å². The standard InChI is InChI=1S/C25H44N6/c1-4-26-25(27-19-22(3)21-30-17-15-29(5-2)16-18-30)28-20-24(31-13-9-10-14-31)23-11-7-6-8-12-23/h6-8,11-12,22,24H,4-5,9-10,13-21H2,1-3H3,(H2,26,27,28). The number of nitrogens with one attached hydrogen (secondary N) is 2. The van der Waals surface area contributed by atoms with Gasteiger partial charge in [-0.15, -0.1) is 0 Å². The highest BCUT2D eigenvalue weighted by Gasteiger charge is 2.23. The van der Waals surface area contributed by atoms with Crippen LogP contribution in [0.2, 0.25) is 0 Å². The first-order valence-corrected chi connectivity index (χ1v) is 12.5. The molecule has 6 nitrogen and oxygen atoms in total. The lowest BCUT2D eigenvalue weighted by atomic mass is 10.1. The third-order valence-electron chi connectivity index (χ3n) is 6.62. The minimum absolute atomic E-state index is 0.403. The first-order valence-electron chi connectivity index (χ1n) is 12.5. The Kier molecular flexibility index (Phi) is 10.1. The Labute approximate surface area is 190 Å². The Bertz CT molecular complexity index is 635. The smallest absolute Gasteiger partial charge is 0.191 e. The van der Waals surface area contributed by atoms with Crippen LogP contribution >= 0.6 is 0 Å². The van der Waals surface area contributed by atoms with Crippen LogP contribution in [0.25, 0.3) is 0 Å². The molecule has 31 heavy (non-hydrogen) atoms. The van der Waals surface area contributed by atoms with E-state index in [-0.39, 0.29) is 0 Å². The summed E-state index contributed by atoms with van der Waals surface area (Å²) >= 11 is 0. The largest absolute Gasteiger partial charge is 0.357 e. The van der Waals surface area contributed by atoms with Crippen molar-refractivity contribution < 1.29 is 0 Å². The summed E-state index contributed by atoms with van der Waals surface area (Å²) in [5.41, 5.74) is 1.40. The van der Waals surface area contributed by atoms with Crippen LogP contribution in [0.1, 0.15) is 45.2 Å². The Balaban J connectivity index is 1.52. The lowest BCUT2D eigenvalue weighted by molar-refractivity contribution is 0.125. The van der Waals surface area contributed by atoms with E-state index in [9.17, 15) is 0 Å². The molecule has 0 radical (unpaired) electrons. The maximum absolute atomic E-state index is 4.94. The summed E-state index contributed by atoms with van der Waals surface area (Å²) in [4.78, 5) is 12.7. The lowest BCUT2D eigenvalue weighted by Crippen LogP contribution is -2.47. The van der Waals surface area contributed by atoms with E-state index in [0.717, 1.165) is 32.1 Å². The fraction of sp³-hybridized carbons (Fsp3) is 0.720. The summed E-state index contributed by atoms with van der Waals surface area (Å²) in [6.07, 6.45) is 2.61. The minimum atomic E-state index is 0.403. The molecular weight excluding hydrogens is 384 g/mol. The molecule has 0 spiro atoms.